The highest BCUT2D eigenvalue weighted by molar-refractivity contribution is 5.98. The molecule has 0 radical (unpaired) electrons. The summed E-state index contributed by atoms with van der Waals surface area (Å²) in [6, 6.07) is 4.12. The van der Waals surface area contributed by atoms with Crippen molar-refractivity contribution < 1.29 is 24.5 Å². The van der Waals surface area contributed by atoms with Crippen LogP contribution < -0.4 is 10.1 Å². The summed E-state index contributed by atoms with van der Waals surface area (Å²) in [5.41, 5.74) is -1.17. The van der Waals surface area contributed by atoms with Gasteiger partial charge in [-0.25, -0.2) is 4.79 Å². The van der Waals surface area contributed by atoms with Crippen molar-refractivity contribution >= 4 is 11.9 Å². The molecule has 1 amide bonds. The largest absolute Gasteiger partial charge is 0.504 e. The fraction of sp³-hybridized carbons (Fsp3) is 0.385. The van der Waals surface area contributed by atoms with Crippen LogP contribution in [0.3, 0.4) is 0 Å². The zero-order chi connectivity index (χ0) is 14.6. The van der Waals surface area contributed by atoms with E-state index >= 15 is 0 Å². The number of benzene rings is 1. The highest BCUT2D eigenvalue weighted by Crippen LogP contribution is 2.26. The lowest BCUT2D eigenvalue weighted by atomic mass is 9.98. The van der Waals surface area contributed by atoms with Crippen LogP contribution in [0.5, 0.6) is 11.5 Å². The van der Waals surface area contributed by atoms with Crippen molar-refractivity contribution in [2.24, 2.45) is 0 Å². The number of phenolic OH excluding ortho intramolecular Hbond substituents is 1. The lowest BCUT2D eigenvalue weighted by Crippen LogP contribution is -2.51. The van der Waals surface area contributed by atoms with Crippen molar-refractivity contribution in [2.75, 3.05) is 7.11 Å². The molecule has 0 heterocycles. The molecule has 1 aromatic rings. The fourth-order valence-electron chi connectivity index (χ4n) is 1.45. The Labute approximate surface area is 111 Å². The third kappa shape index (κ3) is 3.15. The molecule has 6 nitrogen and oxygen atoms in total. The van der Waals surface area contributed by atoms with Gasteiger partial charge in [0.1, 0.15) is 5.54 Å². The van der Waals surface area contributed by atoms with E-state index < -0.39 is 17.4 Å². The molecule has 0 spiro atoms. The SMILES string of the molecule is CCC(C)(NC(=O)c1ccc(OC)c(O)c1)C(=O)O. The molecular formula is C13H17NO5. The predicted octanol–water partition coefficient (Wildman–Crippen LogP) is 1.38. The lowest BCUT2D eigenvalue weighted by molar-refractivity contribution is -0.143. The van der Waals surface area contributed by atoms with Gasteiger partial charge in [-0.05, 0) is 31.5 Å². The molecule has 0 saturated heterocycles. The van der Waals surface area contributed by atoms with Crippen LogP contribution in [-0.4, -0.2) is 34.7 Å². The summed E-state index contributed by atoms with van der Waals surface area (Å²) in [5.74, 6) is -1.61. The maximum atomic E-state index is 11.9. The Balaban J connectivity index is 2.95. The Bertz CT molecular complexity index is 500. The standard InChI is InChI=1S/C13H17NO5/c1-4-13(2,12(17)18)14-11(16)8-5-6-10(19-3)9(15)7-8/h5-7,15H,4H2,1-3H3,(H,14,16)(H,17,18). The van der Waals surface area contributed by atoms with Gasteiger partial charge < -0.3 is 20.3 Å². The van der Waals surface area contributed by atoms with Gasteiger partial charge in [0.05, 0.1) is 7.11 Å². The van der Waals surface area contributed by atoms with Crippen molar-refractivity contribution in [3.63, 3.8) is 0 Å². The first-order valence-corrected chi connectivity index (χ1v) is 5.77. The van der Waals surface area contributed by atoms with Crippen LogP contribution in [-0.2, 0) is 4.79 Å². The number of aliphatic carboxylic acids is 1. The smallest absolute Gasteiger partial charge is 0.329 e. The Kier molecular flexibility index (Phi) is 4.37. The molecule has 0 aliphatic rings. The second-order valence-corrected chi connectivity index (χ2v) is 4.33. The van der Waals surface area contributed by atoms with Gasteiger partial charge in [-0.3, -0.25) is 4.79 Å². The summed E-state index contributed by atoms with van der Waals surface area (Å²) >= 11 is 0. The molecule has 1 unspecified atom stereocenters. The average Bonchev–Trinajstić information content (AvgIpc) is 2.38. The molecule has 1 atom stereocenters. The Morgan fingerprint density at radius 1 is 1.42 bits per heavy atom. The molecule has 0 bridgehead atoms. The number of carboxylic acids is 1. The van der Waals surface area contributed by atoms with Crippen LogP contribution in [0, 0.1) is 0 Å². The van der Waals surface area contributed by atoms with Gasteiger partial charge >= 0.3 is 5.97 Å². The molecule has 0 aliphatic heterocycles. The van der Waals surface area contributed by atoms with Gasteiger partial charge in [-0.1, -0.05) is 6.92 Å². The second kappa shape index (κ2) is 5.60. The van der Waals surface area contributed by atoms with E-state index in [0.29, 0.717) is 0 Å². The minimum Gasteiger partial charge on any atom is -0.504 e. The van der Waals surface area contributed by atoms with E-state index in [1.54, 1.807) is 6.92 Å². The quantitative estimate of drug-likeness (QED) is 0.749. The third-order valence-corrected chi connectivity index (χ3v) is 3.01. The molecule has 0 aromatic heterocycles. The van der Waals surface area contributed by atoms with Gasteiger partial charge in [-0.15, -0.1) is 0 Å². The first-order valence-electron chi connectivity index (χ1n) is 5.77. The number of amides is 1. The number of carboxylic acid groups (broad SMARTS) is 1. The van der Waals surface area contributed by atoms with Crippen LogP contribution >= 0.6 is 0 Å². The maximum absolute atomic E-state index is 11.9. The second-order valence-electron chi connectivity index (χ2n) is 4.33. The zero-order valence-electron chi connectivity index (χ0n) is 11.1. The molecule has 0 saturated carbocycles. The van der Waals surface area contributed by atoms with E-state index in [0.717, 1.165) is 0 Å². The number of hydrogen-bond acceptors (Lipinski definition) is 4. The Morgan fingerprint density at radius 3 is 2.47 bits per heavy atom. The normalized spacial score (nSPS) is 13.4. The van der Waals surface area contributed by atoms with Gasteiger partial charge in [0, 0.05) is 5.56 Å². The number of ether oxygens (including phenoxy) is 1. The molecule has 3 N–H and O–H groups in total. The first-order chi connectivity index (χ1) is 8.84. The summed E-state index contributed by atoms with van der Waals surface area (Å²) in [6.45, 7) is 3.09. The highest BCUT2D eigenvalue weighted by Gasteiger charge is 2.33. The number of methoxy groups -OCH3 is 1. The zero-order valence-corrected chi connectivity index (χ0v) is 11.1. The van der Waals surface area contributed by atoms with Gasteiger partial charge in [0.25, 0.3) is 5.91 Å². The van der Waals surface area contributed by atoms with Crippen LogP contribution in [0.2, 0.25) is 0 Å². The predicted molar refractivity (Wildman–Crippen MR) is 68.5 cm³/mol. The Morgan fingerprint density at radius 2 is 2.05 bits per heavy atom. The van der Waals surface area contributed by atoms with E-state index in [2.05, 4.69) is 5.32 Å². The molecule has 1 rings (SSSR count). The third-order valence-electron chi connectivity index (χ3n) is 3.01. The van der Waals surface area contributed by atoms with Crippen molar-refractivity contribution in [1.29, 1.82) is 0 Å². The molecule has 104 valence electrons. The molecular weight excluding hydrogens is 250 g/mol. The minimum atomic E-state index is -1.34. The number of nitrogens with one attached hydrogen (secondary N) is 1. The number of carbonyl (C=O) groups is 2. The van der Waals surface area contributed by atoms with Gasteiger partial charge in [-0.2, -0.15) is 0 Å². The van der Waals surface area contributed by atoms with Crippen molar-refractivity contribution in [1.82, 2.24) is 5.32 Å². The monoisotopic (exact) mass is 267 g/mol. The maximum Gasteiger partial charge on any atom is 0.329 e. The van der Waals surface area contributed by atoms with Crippen molar-refractivity contribution in [3.05, 3.63) is 23.8 Å². The molecule has 6 heteroatoms. The topological polar surface area (TPSA) is 95.9 Å². The summed E-state index contributed by atoms with van der Waals surface area (Å²) in [5, 5.41) is 21.1. The fourth-order valence-corrected chi connectivity index (χ4v) is 1.45. The van der Waals surface area contributed by atoms with Crippen molar-refractivity contribution in [3.8, 4) is 11.5 Å². The molecule has 0 fully saturated rings. The number of carbonyl (C=O) groups excluding carboxylic acids is 1. The number of aromatic hydroxyl groups is 1. The van der Waals surface area contributed by atoms with Crippen LogP contribution in [0.25, 0.3) is 0 Å². The summed E-state index contributed by atoms with van der Waals surface area (Å²) in [7, 11) is 1.40. The summed E-state index contributed by atoms with van der Waals surface area (Å²) < 4.78 is 4.86. The van der Waals surface area contributed by atoms with Crippen LogP contribution in [0.15, 0.2) is 18.2 Å². The highest BCUT2D eigenvalue weighted by atomic mass is 16.5. The summed E-state index contributed by atoms with van der Waals surface area (Å²) in [6.07, 6.45) is 0.246. The number of phenols is 1. The first kappa shape index (κ1) is 14.8. The number of hydrogen-bond donors (Lipinski definition) is 3. The van der Waals surface area contributed by atoms with E-state index in [1.807, 2.05) is 0 Å². The molecule has 19 heavy (non-hydrogen) atoms. The minimum absolute atomic E-state index is 0.166. The average molecular weight is 267 g/mol. The van der Waals surface area contributed by atoms with E-state index in [-0.39, 0.29) is 23.5 Å². The summed E-state index contributed by atoms with van der Waals surface area (Å²) in [4.78, 5) is 23.1. The molecule has 0 aliphatic carbocycles. The van der Waals surface area contributed by atoms with Crippen molar-refractivity contribution in [2.45, 2.75) is 25.8 Å². The number of rotatable bonds is 5. The van der Waals surface area contributed by atoms with Crippen LogP contribution in [0.4, 0.5) is 0 Å². The van der Waals surface area contributed by atoms with E-state index in [1.165, 1.54) is 32.2 Å². The van der Waals surface area contributed by atoms with E-state index in [4.69, 9.17) is 9.84 Å². The Hall–Kier alpha value is -2.24. The van der Waals surface area contributed by atoms with Gasteiger partial charge in [0.15, 0.2) is 11.5 Å². The van der Waals surface area contributed by atoms with Gasteiger partial charge in [0.2, 0.25) is 0 Å². The van der Waals surface area contributed by atoms with E-state index in [9.17, 15) is 14.7 Å². The van der Waals surface area contributed by atoms with Crippen LogP contribution in [0.1, 0.15) is 30.6 Å². The lowest BCUT2D eigenvalue weighted by Gasteiger charge is -2.24. The molecule has 1 aromatic carbocycles.